The Morgan fingerprint density at radius 3 is 2.65 bits per heavy atom. The monoisotopic (exact) mass is 235 g/mol. The number of hydrogen-bond donors (Lipinski definition) is 0. The fourth-order valence-corrected chi connectivity index (χ4v) is 3.23. The van der Waals surface area contributed by atoms with Gasteiger partial charge < -0.3 is 0 Å². The zero-order chi connectivity index (χ0) is 11.2. The van der Waals surface area contributed by atoms with Gasteiger partial charge in [0.15, 0.2) is 0 Å². The van der Waals surface area contributed by atoms with E-state index >= 15 is 0 Å². The zero-order valence-electron chi connectivity index (χ0n) is 9.05. The molecule has 0 radical (unpaired) electrons. The largest absolute Gasteiger partial charge is 0.245 e. The predicted molar refractivity (Wildman–Crippen MR) is 74.6 cm³/mol. The summed E-state index contributed by atoms with van der Waals surface area (Å²) >= 11 is 1.71. The van der Waals surface area contributed by atoms with Crippen LogP contribution in [0, 0.1) is 0 Å². The lowest BCUT2D eigenvalue weighted by Crippen LogP contribution is -1.77. The van der Waals surface area contributed by atoms with Crippen molar-refractivity contribution in [1.82, 2.24) is 4.98 Å². The van der Waals surface area contributed by atoms with Gasteiger partial charge in [0.1, 0.15) is 0 Å². The first-order valence-corrected chi connectivity index (χ1v) is 6.45. The minimum absolute atomic E-state index is 1.10. The van der Waals surface area contributed by atoms with Crippen LogP contribution < -0.4 is 0 Å². The maximum atomic E-state index is 4.37. The Labute approximate surface area is 102 Å². The first-order valence-electron chi connectivity index (χ1n) is 5.57. The van der Waals surface area contributed by atoms with Gasteiger partial charge >= 0.3 is 0 Å². The standard InChI is InChI=1S/C15H9NS/c1-2-4-11-10(3-1)5-6-13-12(11)7-8-14-15(13)17-9-16-14/h1-9H. The molecule has 2 heteroatoms. The van der Waals surface area contributed by atoms with Crippen LogP contribution in [-0.4, -0.2) is 4.98 Å². The van der Waals surface area contributed by atoms with Gasteiger partial charge in [0.05, 0.1) is 15.7 Å². The topological polar surface area (TPSA) is 12.9 Å². The number of hydrogen-bond acceptors (Lipinski definition) is 2. The van der Waals surface area contributed by atoms with Crippen molar-refractivity contribution in [2.75, 3.05) is 0 Å². The summed E-state index contributed by atoms with van der Waals surface area (Å²) in [4.78, 5) is 4.37. The second-order valence-electron chi connectivity index (χ2n) is 4.15. The Bertz CT molecular complexity index is 845. The van der Waals surface area contributed by atoms with E-state index in [4.69, 9.17) is 0 Å². The van der Waals surface area contributed by atoms with Gasteiger partial charge in [0.25, 0.3) is 0 Å². The van der Waals surface area contributed by atoms with Crippen LogP contribution in [0.15, 0.2) is 54.0 Å². The lowest BCUT2D eigenvalue weighted by Gasteiger charge is -2.04. The van der Waals surface area contributed by atoms with Gasteiger partial charge in [-0.2, -0.15) is 0 Å². The molecule has 0 aliphatic rings. The van der Waals surface area contributed by atoms with Crippen LogP contribution >= 0.6 is 11.3 Å². The summed E-state index contributed by atoms with van der Waals surface area (Å²) in [5.74, 6) is 0. The van der Waals surface area contributed by atoms with Gasteiger partial charge in [-0.05, 0) is 22.2 Å². The third kappa shape index (κ3) is 1.22. The van der Waals surface area contributed by atoms with Crippen LogP contribution in [0.5, 0.6) is 0 Å². The first-order chi connectivity index (χ1) is 8.43. The summed E-state index contributed by atoms with van der Waals surface area (Å²) in [5.41, 5.74) is 3.01. The van der Waals surface area contributed by atoms with E-state index in [2.05, 4.69) is 53.5 Å². The molecule has 0 atom stereocenters. The molecule has 4 rings (SSSR count). The molecule has 1 heterocycles. The van der Waals surface area contributed by atoms with E-state index in [-0.39, 0.29) is 0 Å². The van der Waals surface area contributed by atoms with Crippen molar-refractivity contribution < 1.29 is 0 Å². The van der Waals surface area contributed by atoms with Gasteiger partial charge in [0.2, 0.25) is 0 Å². The highest BCUT2D eigenvalue weighted by molar-refractivity contribution is 7.17. The van der Waals surface area contributed by atoms with Gasteiger partial charge in [-0.1, -0.05) is 42.5 Å². The number of thiazole rings is 1. The Morgan fingerprint density at radius 2 is 1.65 bits per heavy atom. The molecule has 0 bridgehead atoms. The van der Waals surface area contributed by atoms with E-state index in [0.29, 0.717) is 0 Å². The van der Waals surface area contributed by atoms with E-state index in [1.165, 1.54) is 26.2 Å². The fraction of sp³-hybridized carbons (Fsp3) is 0. The molecule has 80 valence electrons. The van der Waals surface area contributed by atoms with Crippen molar-refractivity contribution >= 4 is 43.1 Å². The van der Waals surface area contributed by atoms with Crippen molar-refractivity contribution in [3.63, 3.8) is 0 Å². The van der Waals surface area contributed by atoms with Crippen LogP contribution in [0.3, 0.4) is 0 Å². The average Bonchev–Trinajstić information content (AvgIpc) is 2.86. The quantitative estimate of drug-likeness (QED) is 0.406. The number of benzene rings is 3. The Morgan fingerprint density at radius 1 is 0.765 bits per heavy atom. The van der Waals surface area contributed by atoms with Gasteiger partial charge in [-0.15, -0.1) is 11.3 Å². The van der Waals surface area contributed by atoms with Crippen LogP contribution in [0.2, 0.25) is 0 Å². The van der Waals surface area contributed by atoms with Crippen molar-refractivity contribution in [2.24, 2.45) is 0 Å². The third-order valence-corrected chi connectivity index (χ3v) is 4.09. The molecule has 4 aromatic rings. The Kier molecular flexibility index (Phi) is 1.76. The molecule has 17 heavy (non-hydrogen) atoms. The first kappa shape index (κ1) is 9.14. The minimum Gasteiger partial charge on any atom is -0.245 e. The number of nitrogens with zero attached hydrogens (tertiary/aromatic N) is 1. The van der Waals surface area contributed by atoms with Gasteiger partial charge in [-0.25, -0.2) is 4.98 Å². The third-order valence-electron chi connectivity index (χ3n) is 3.22. The van der Waals surface area contributed by atoms with Crippen molar-refractivity contribution in [3.8, 4) is 0 Å². The number of aromatic nitrogens is 1. The summed E-state index contributed by atoms with van der Waals surface area (Å²) in [5, 5.41) is 5.24. The van der Waals surface area contributed by atoms with E-state index in [0.717, 1.165) is 5.52 Å². The minimum atomic E-state index is 1.10. The maximum absolute atomic E-state index is 4.37. The molecule has 0 saturated carbocycles. The zero-order valence-corrected chi connectivity index (χ0v) is 9.87. The number of rotatable bonds is 0. The molecule has 0 N–H and O–H groups in total. The smallest absolute Gasteiger partial charge is 0.0818 e. The molecule has 0 aliphatic carbocycles. The lowest BCUT2D eigenvalue weighted by atomic mass is 10.0. The second-order valence-corrected chi connectivity index (χ2v) is 5.00. The SMILES string of the molecule is c1ccc2c(c1)ccc1c2ccc2ncsc21. The van der Waals surface area contributed by atoms with Crippen LogP contribution in [0.1, 0.15) is 0 Å². The Hall–Kier alpha value is -1.93. The second kappa shape index (κ2) is 3.28. The van der Waals surface area contributed by atoms with Crippen molar-refractivity contribution in [3.05, 3.63) is 54.0 Å². The highest BCUT2D eigenvalue weighted by Crippen LogP contribution is 2.32. The van der Waals surface area contributed by atoms with Gasteiger partial charge in [-0.3, -0.25) is 0 Å². The van der Waals surface area contributed by atoms with E-state index in [9.17, 15) is 0 Å². The van der Waals surface area contributed by atoms with Crippen LogP contribution in [0.25, 0.3) is 31.8 Å². The van der Waals surface area contributed by atoms with E-state index < -0.39 is 0 Å². The summed E-state index contributed by atoms with van der Waals surface area (Å²) in [7, 11) is 0. The summed E-state index contributed by atoms with van der Waals surface area (Å²) in [6.45, 7) is 0. The number of fused-ring (bicyclic) bond motifs is 5. The molecule has 1 aromatic heterocycles. The van der Waals surface area contributed by atoms with E-state index in [1.54, 1.807) is 11.3 Å². The normalized spacial score (nSPS) is 11.5. The molecule has 0 amide bonds. The highest BCUT2D eigenvalue weighted by Gasteiger charge is 2.05. The molecular formula is C15H9NS. The molecule has 1 nitrogen and oxygen atoms in total. The Balaban J connectivity index is 2.34. The predicted octanol–water partition coefficient (Wildman–Crippen LogP) is 4.60. The molecule has 0 unspecified atom stereocenters. The van der Waals surface area contributed by atoms with E-state index in [1.807, 2.05) is 5.51 Å². The summed E-state index contributed by atoms with van der Waals surface area (Å²) < 4.78 is 1.29. The maximum Gasteiger partial charge on any atom is 0.0818 e. The average molecular weight is 235 g/mol. The molecular weight excluding hydrogens is 226 g/mol. The molecule has 0 fully saturated rings. The lowest BCUT2D eigenvalue weighted by molar-refractivity contribution is 1.51. The van der Waals surface area contributed by atoms with Crippen LogP contribution in [0.4, 0.5) is 0 Å². The van der Waals surface area contributed by atoms with Crippen LogP contribution in [-0.2, 0) is 0 Å². The van der Waals surface area contributed by atoms with Crippen molar-refractivity contribution in [1.29, 1.82) is 0 Å². The molecule has 0 aliphatic heterocycles. The fourth-order valence-electron chi connectivity index (χ4n) is 2.41. The molecule has 3 aromatic carbocycles. The summed E-state index contributed by atoms with van der Waals surface area (Å²) in [6.07, 6.45) is 0. The molecule has 0 spiro atoms. The van der Waals surface area contributed by atoms with Gasteiger partial charge in [0, 0.05) is 5.39 Å². The molecule has 0 saturated heterocycles. The summed E-state index contributed by atoms with van der Waals surface area (Å²) in [6, 6.07) is 17.2. The highest BCUT2D eigenvalue weighted by atomic mass is 32.1. The van der Waals surface area contributed by atoms with Crippen molar-refractivity contribution in [2.45, 2.75) is 0 Å².